The monoisotopic (exact) mass is 406 g/mol. The van der Waals surface area contributed by atoms with Crippen molar-refractivity contribution in [2.24, 2.45) is 4.40 Å². The second-order valence-corrected chi connectivity index (χ2v) is 9.79. The molecule has 1 aromatic heterocycles. The lowest BCUT2D eigenvalue weighted by Crippen LogP contribution is -2.29. The first kappa shape index (κ1) is 19.9. The molecule has 0 aliphatic carbocycles. The average Bonchev–Trinajstić information content (AvgIpc) is 3.11. The number of carbonyl (C=O) groups is 1. The Kier molecular flexibility index (Phi) is 5.88. The molecule has 0 fully saturated rings. The first-order valence-corrected chi connectivity index (χ1v) is 10.7. The number of carbonyl (C=O) groups excluding carboxylic acids is 1. The zero-order chi connectivity index (χ0) is 19.6. The molecule has 0 N–H and O–H groups in total. The predicted molar refractivity (Wildman–Crippen MR) is 107 cm³/mol. The van der Waals surface area contributed by atoms with E-state index in [1.165, 1.54) is 11.3 Å². The van der Waals surface area contributed by atoms with Crippen molar-refractivity contribution in [1.29, 1.82) is 0 Å². The van der Waals surface area contributed by atoms with E-state index in [1.807, 2.05) is 45.0 Å². The molecule has 0 saturated heterocycles. The molecule has 2 atom stereocenters. The van der Waals surface area contributed by atoms with E-state index < -0.39 is 22.1 Å². The fraction of sp³-hybridized carbons (Fsp3) is 0.421. The number of para-hydroxylation sites is 1. The Balaban J connectivity index is 1.92. The molecule has 0 unspecified atom stereocenters. The zero-order valence-corrected chi connectivity index (χ0v) is 17.4. The maximum Gasteiger partial charge on any atom is 0.357 e. The lowest BCUT2D eigenvalue weighted by molar-refractivity contribution is 0.0519. The van der Waals surface area contributed by atoms with Gasteiger partial charge in [0.2, 0.25) is 0 Å². The van der Waals surface area contributed by atoms with Crippen LogP contribution in [0.1, 0.15) is 61.3 Å². The number of ether oxygens (including phenoxy) is 2. The van der Waals surface area contributed by atoms with E-state index >= 15 is 0 Å². The van der Waals surface area contributed by atoms with E-state index in [2.05, 4.69) is 9.38 Å². The van der Waals surface area contributed by atoms with Gasteiger partial charge in [-0.3, -0.25) is 0 Å². The molecule has 0 bridgehead atoms. The molecule has 1 aliphatic heterocycles. The summed E-state index contributed by atoms with van der Waals surface area (Å²) in [5, 5.41) is 2.34. The highest BCUT2D eigenvalue weighted by Gasteiger charge is 2.33. The van der Waals surface area contributed by atoms with E-state index in [0.29, 0.717) is 23.8 Å². The molecule has 8 heteroatoms. The molecule has 0 saturated carbocycles. The van der Waals surface area contributed by atoms with Crippen LogP contribution in [0.15, 0.2) is 34.0 Å². The third-order valence-electron chi connectivity index (χ3n) is 3.84. The summed E-state index contributed by atoms with van der Waals surface area (Å²) in [6, 6.07) is 7.55. The topological polar surface area (TPSA) is 83.8 Å². The highest BCUT2D eigenvalue weighted by Crippen LogP contribution is 2.37. The first-order valence-electron chi connectivity index (χ1n) is 8.67. The van der Waals surface area contributed by atoms with Crippen LogP contribution in [0.5, 0.6) is 5.75 Å². The van der Waals surface area contributed by atoms with Crippen LogP contribution in [-0.4, -0.2) is 32.6 Å². The van der Waals surface area contributed by atoms with Gasteiger partial charge in [0.15, 0.2) is 11.8 Å². The van der Waals surface area contributed by atoms with Crippen LogP contribution < -0.4 is 4.74 Å². The minimum Gasteiger partial charge on any atom is -0.591 e. The summed E-state index contributed by atoms with van der Waals surface area (Å²) in [7, 11) is 0. The first-order chi connectivity index (χ1) is 12.8. The van der Waals surface area contributed by atoms with Crippen LogP contribution in [-0.2, 0) is 16.1 Å². The molecule has 6 nitrogen and oxygen atoms in total. The van der Waals surface area contributed by atoms with Crippen molar-refractivity contribution in [2.75, 3.05) is 6.61 Å². The summed E-state index contributed by atoms with van der Waals surface area (Å²) in [5.41, 5.74) is 1.84. The molecule has 0 amide bonds. The molecule has 2 aromatic rings. The highest BCUT2D eigenvalue weighted by molar-refractivity contribution is 7.91. The minimum atomic E-state index is -1.38. The number of rotatable bonds is 4. The molecule has 1 aliphatic rings. The molecular formula is C19H22N2O4S2. The van der Waals surface area contributed by atoms with Crippen molar-refractivity contribution in [3.05, 3.63) is 45.9 Å². The lowest BCUT2D eigenvalue weighted by atomic mass is 10.0. The third-order valence-corrected chi connectivity index (χ3v) is 6.22. The van der Waals surface area contributed by atoms with Crippen molar-refractivity contribution in [3.8, 4) is 5.75 Å². The van der Waals surface area contributed by atoms with Gasteiger partial charge in [-0.1, -0.05) is 16.5 Å². The second-order valence-electron chi connectivity index (χ2n) is 7.00. The normalized spacial score (nSPS) is 19.3. The summed E-state index contributed by atoms with van der Waals surface area (Å²) in [4.78, 5) is 16.3. The summed E-state index contributed by atoms with van der Waals surface area (Å²) in [6.07, 6.45) is 0.0537. The van der Waals surface area contributed by atoms with Gasteiger partial charge in [0.05, 0.1) is 6.61 Å². The van der Waals surface area contributed by atoms with E-state index in [-0.39, 0.29) is 11.8 Å². The quantitative estimate of drug-likeness (QED) is 0.564. The number of aromatic nitrogens is 1. The van der Waals surface area contributed by atoms with Gasteiger partial charge in [0, 0.05) is 17.4 Å². The maximum absolute atomic E-state index is 12.6. The molecule has 0 radical (unpaired) electrons. The van der Waals surface area contributed by atoms with Gasteiger partial charge in [0.1, 0.15) is 32.6 Å². The number of benzene rings is 1. The van der Waals surface area contributed by atoms with Crippen LogP contribution in [0.4, 0.5) is 0 Å². The van der Waals surface area contributed by atoms with E-state index in [4.69, 9.17) is 9.47 Å². The van der Waals surface area contributed by atoms with Crippen LogP contribution in [0.2, 0.25) is 0 Å². The number of esters is 1. The summed E-state index contributed by atoms with van der Waals surface area (Å²) in [5.74, 6) is 0.227. The second kappa shape index (κ2) is 8.00. The standard InChI is InChI=1S/C19H22N2O4S2/c1-5-24-18(22)14-11-26-17(20-14)16-10-13(21-27(23)19(2,3)4)12-8-6-7-9-15(12)25-16/h6-9,11,16H,5,10H2,1-4H3/t16-,27+/m0/s1. The van der Waals surface area contributed by atoms with Gasteiger partial charge < -0.3 is 14.0 Å². The Hall–Kier alpha value is -1.90. The number of hydrogen-bond donors (Lipinski definition) is 0. The summed E-state index contributed by atoms with van der Waals surface area (Å²) >= 11 is -0.0334. The maximum atomic E-state index is 12.6. The smallest absolute Gasteiger partial charge is 0.357 e. The van der Waals surface area contributed by atoms with E-state index in [1.54, 1.807) is 12.3 Å². The van der Waals surface area contributed by atoms with Gasteiger partial charge in [0.25, 0.3) is 0 Å². The SMILES string of the molecule is CCOC(=O)c1csc([C@@H]2CC(=N[S@+]([O-])C(C)(C)C)c3ccccc3O2)n1. The molecule has 27 heavy (non-hydrogen) atoms. The van der Waals surface area contributed by atoms with Crippen molar-refractivity contribution >= 4 is 34.4 Å². The van der Waals surface area contributed by atoms with Crippen molar-refractivity contribution in [2.45, 2.75) is 45.0 Å². The predicted octanol–water partition coefficient (Wildman–Crippen LogP) is 4.09. The minimum absolute atomic E-state index is 0.274. The fourth-order valence-corrected chi connectivity index (χ4v) is 3.95. The van der Waals surface area contributed by atoms with Crippen LogP contribution in [0, 0.1) is 0 Å². The number of nitrogens with zero attached hydrogens (tertiary/aromatic N) is 2. The average molecular weight is 407 g/mol. The molecule has 1 aromatic carbocycles. The largest absolute Gasteiger partial charge is 0.591 e. The van der Waals surface area contributed by atoms with Crippen molar-refractivity contribution < 1.29 is 18.8 Å². The molecule has 2 heterocycles. The highest BCUT2D eigenvalue weighted by atomic mass is 32.2. The van der Waals surface area contributed by atoms with Gasteiger partial charge in [-0.15, -0.1) is 11.3 Å². The number of hydrogen-bond acceptors (Lipinski definition) is 7. The van der Waals surface area contributed by atoms with Gasteiger partial charge in [-0.25, -0.2) is 9.78 Å². The lowest BCUT2D eigenvalue weighted by Gasteiger charge is -2.26. The van der Waals surface area contributed by atoms with Crippen LogP contribution in [0.25, 0.3) is 0 Å². The number of thiazole rings is 1. The van der Waals surface area contributed by atoms with Crippen molar-refractivity contribution in [3.63, 3.8) is 0 Å². The summed E-state index contributed by atoms with van der Waals surface area (Å²) in [6.45, 7) is 7.73. The Morgan fingerprint density at radius 2 is 2.19 bits per heavy atom. The number of fused-ring (bicyclic) bond motifs is 1. The molecule has 0 spiro atoms. The Morgan fingerprint density at radius 1 is 1.44 bits per heavy atom. The summed E-state index contributed by atoms with van der Waals surface area (Å²) < 4.78 is 27.7. The Labute approximate surface area is 166 Å². The Morgan fingerprint density at radius 3 is 2.89 bits per heavy atom. The molecule has 144 valence electrons. The third kappa shape index (κ3) is 4.51. The van der Waals surface area contributed by atoms with E-state index in [0.717, 1.165) is 11.3 Å². The van der Waals surface area contributed by atoms with Gasteiger partial charge >= 0.3 is 5.97 Å². The van der Waals surface area contributed by atoms with Crippen LogP contribution in [0.3, 0.4) is 0 Å². The van der Waals surface area contributed by atoms with Gasteiger partial charge in [-0.05, 0) is 39.8 Å². The fourth-order valence-electron chi connectivity index (χ4n) is 2.48. The van der Waals surface area contributed by atoms with Crippen LogP contribution >= 0.6 is 11.3 Å². The molecular weight excluding hydrogens is 384 g/mol. The Bertz CT molecular complexity index is 857. The van der Waals surface area contributed by atoms with Crippen molar-refractivity contribution in [1.82, 2.24) is 4.98 Å². The van der Waals surface area contributed by atoms with E-state index in [9.17, 15) is 9.35 Å². The van der Waals surface area contributed by atoms with Gasteiger partial charge in [-0.2, -0.15) is 0 Å². The zero-order valence-electron chi connectivity index (χ0n) is 15.7. The molecule has 3 rings (SSSR count).